The molecule has 0 spiro atoms. The highest BCUT2D eigenvalue weighted by molar-refractivity contribution is 7.10. The third-order valence-electron chi connectivity index (χ3n) is 2.89. The van der Waals surface area contributed by atoms with Crippen LogP contribution in [0.5, 0.6) is 0 Å². The molecule has 0 aromatic carbocycles. The zero-order valence-corrected chi connectivity index (χ0v) is 11.1. The van der Waals surface area contributed by atoms with Crippen LogP contribution >= 0.6 is 11.3 Å². The predicted molar refractivity (Wildman–Crippen MR) is 74.5 cm³/mol. The van der Waals surface area contributed by atoms with Gasteiger partial charge in [0, 0.05) is 18.1 Å². The Kier molecular flexibility index (Phi) is 3.49. The Morgan fingerprint density at radius 1 is 1.56 bits per heavy atom. The molecule has 0 amide bonds. The Morgan fingerprint density at radius 3 is 2.89 bits per heavy atom. The minimum atomic E-state index is 0.202. The summed E-state index contributed by atoms with van der Waals surface area (Å²) in [4.78, 5) is 7.53. The summed E-state index contributed by atoms with van der Waals surface area (Å²) in [5.41, 5.74) is 6.94. The summed E-state index contributed by atoms with van der Waals surface area (Å²) < 4.78 is 0. The number of nitrogen functional groups attached to an aromatic ring is 1. The van der Waals surface area contributed by atoms with E-state index in [0.717, 1.165) is 0 Å². The molecule has 2 heterocycles. The normalized spacial score (nSPS) is 11.8. The molecule has 0 saturated carbocycles. The Morgan fingerprint density at radius 2 is 2.33 bits per heavy atom. The fourth-order valence-electron chi connectivity index (χ4n) is 1.73. The Labute approximate surface area is 110 Å². The second-order valence-corrected chi connectivity index (χ2v) is 5.03. The second kappa shape index (κ2) is 5.07. The smallest absolute Gasteiger partial charge is 0.152 e. The highest BCUT2D eigenvalue weighted by Gasteiger charge is 2.16. The van der Waals surface area contributed by atoms with Gasteiger partial charge in [0.05, 0.1) is 17.3 Å². The van der Waals surface area contributed by atoms with E-state index in [1.165, 1.54) is 4.88 Å². The molecule has 4 nitrogen and oxygen atoms in total. The molecule has 92 valence electrons. The first-order valence-electron chi connectivity index (χ1n) is 5.55. The summed E-state index contributed by atoms with van der Waals surface area (Å²) >= 11 is 1.70. The van der Waals surface area contributed by atoms with E-state index in [1.807, 2.05) is 24.1 Å². The van der Waals surface area contributed by atoms with Crippen LogP contribution in [0.4, 0.5) is 11.5 Å². The van der Waals surface area contributed by atoms with E-state index >= 15 is 0 Å². The molecule has 2 N–H and O–H groups in total. The van der Waals surface area contributed by atoms with Gasteiger partial charge in [-0.3, -0.25) is 0 Å². The molecular weight excluding hydrogens is 244 g/mol. The minimum absolute atomic E-state index is 0.202. The molecule has 2 aromatic heterocycles. The molecule has 0 aliphatic carbocycles. The first kappa shape index (κ1) is 12.4. The van der Waals surface area contributed by atoms with Crippen molar-refractivity contribution in [1.82, 2.24) is 4.98 Å². The molecule has 5 heteroatoms. The quantitative estimate of drug-likeness (QED) is 0.919. The van der Waals surface area contributed by atoms with Crippen LogP contribution in [-0.2, 0) is 0 Å². The summed E-state index contributed by atoms with van der Waals surface area (Å²) in [5, 5.41) is 10.8. The van der Waals surface area contributed by atoms with E-state index in [9.17, 15) is 0 Å². The van der Waals surface area contributed by atoms with Crippen molar-refractivity contribution >= 4 is 22.8 Å². The lowest BCUT2D eigenvalue weighted by molar-refractivity contribution is 0.743. The second-order valence-electron chi connectivity index (χ2n) is 4.05. The van der Waals surface area contributed by atoms with E-state index in [4.69, 9.17) is 11.0 Å². The van der Waals surface area contributed by atoms with Gasteiger partial charge in [-0.25, -0.2) is 4.98 Å². The highest BCUT2D eigenvalue weighted by Crippen LogP contribution is 2.30. The zero-order chi connectivity index (χ0) is 13.1. The number of aromatic nitrogens is 1. The van der Waals surface area contributed by atoms with E-state index in [1.54, 1.807) is 23.6 Å². The molecule has 1 atom stereocenters. The summed E-state index contributed by atoms with van der Waals surface area (Å²) in [6, 6.07) is 8.00. The third kappa shape index (κ3) is 2.29. The van der Waals surface area contributed by atoms with E-state index in [0.29, 0.717) is 17.1 Å². The van der Waals surface area contributed by atoms with Crippen LogP contribution < -0.4 is 10.6 Å². The van der Waals surface area contributed by atoms with Crippen molar-refractivity contribution in [3.63, 3.8) is 0 Å². The average Bonchev–Trinajstić information content (AvgIpc) is 2.90. The highest BCUT2D eigenvalue weighted by atomic mass is 32.1. The van der Waals surface area contributed by atoms with Crippen LogP contribution in [0, 0.1) is 11.3 Å². The number of thiophene rings is 1. The monoisotopic (exact) mass is 258 g/mol. The van der Waals surface area contributed by atoms with Gasteiger partial charge in [-0.2, -0.15) is 5.26 Å². The standard InChI is InChI=1S/C13H14N4S/c1-9(12-4-3-5-18-12)17(2)13-11(15)6-10(7-14)8-16-13/h3-6,8-9H,15H2,1-2H3. The predicted octanol–water partition coefficient (Wildman–Crippen LogP) is 2.79. The lowest BCUT2D eigenvalue weighted by atomic mass is 10.2. The topological polar surface area (TPSA) is 65.9 Å². The van der Waals surface area contributed by atoms with E-state index < -0.39 is 0 Å². The van der Waals surface area contributed by atoms with Crippen LogP contribution in [0.3, 0.4) is 0 Å². The molecular formula is C13H14N4S. The molecule has 2 rings (SSSR count). The SMILES string of the molecule is CC(c1cccs1)N(C)c1ncc(C#N)cc1N. The molecule has 2 aromatic rings. The van der Waals surface area contributed by atoms with Crippen LogP contribution in [0.2, 0.25) is 0 Å². The molecule has 1 unspecified atom stereocenters. The fourth-order valence-corrected chi connectivity index (χ4v) is 2.56. The maximum absolute atomic E-state index is 8.79. The van der Waals surface area contributed by atoms with Crippen molar-refractivity contribution in [2.24, 2.45) is 0 Å². The first-order valence-corrected chi connectivity index (χ1v) is 6.43. The van der Waals surface area contributed by atoms with Gasteiger partial charge < -0.3 is 10.6 Å². The van der Waals surface area contributed by atoms with Crippen molar-refractivity contribution < 1.29 is 0 Å². The molecule has 0 bridgehead atoms. The van der Waals surface area contributed by atoms with Crippen molar-refractivity contribution in [3.8, 4) is 6.07 Å². The van der Waals surface area contributed by atoms with Gasteiger partial charge in [-0.15, -0.1) is 11.3 Å². The van der Waals surface area contributed by atoms with Crippen molar-refractivity contribution in [2.75, 3.05) is 17.7 Å². The fraction of sp³-hybridized carbons (Fsp3) is 0.231. The van der Waals surface area contributed by atoms with Gasteiger partial charge in [0.2, 0.25) is 0 Å². The number of hydrogen-bond acceptors (Lipinski definition) is 5. The number of pyridine rings is 1. The number of nitrogens with two attached hydrogens (primary N) is 1. The van der Waals surface area contributed by atoms with Gasteiger partial charge in [0.1, 0.15) is 6.07 Å². The van der Waals surface area contributed by atoms with Gasteiger partial charge in [0.25, 0.3) is 0 Å². The van der Waals surface area contributed by atoms with Crippen LogP contribution in [0.15, 0.2) is 29.8 Å². The van der Waals surface area contributed by atoms with Crippen LogP contribution in [0.1, 0.15) is 23.4 Å². The van der Waals surface area contributed by atoms with Crippen molar-refractivity contribution in [1.29, 1.82) is 5.26 Å². The number of rotatable bonds is 3. The Bertz CT molecular complexity index is 571. The lowest BCUT2D eigenvalue weighted by Crippen LogP contribution is -2.23. The van der Waals surface area contributed by atoms with E-state index in [-0.39, 0.29) is 6.04 Å². The first-order chi connectivity index (χ1) is 8.63. The minimum Gasteiger partial charge on any atom is -0.396 e. The molecule has 0 saturated heterocycles. The number of nitrogens with zero attached hydrogens (tertiary/aromatic N) is 3. The number of nitriles is 1. The zero-order valence-electron chi connectivity index (χ0n) is 10.3. The van der Waals surface area contributed by atoms with Crippen molar-refractivity contribution in [3.05, 3.63) is 40.2 Å². The summed E-state index contributed by atoms with van der Waals surface area (Å²) in [6.45, 7) is 2.10. The van der Waals surface area contributed by atoms with Crippen LogP contribution in [-0.4, -0.2) is 12.0 Å². The van der Waals surface area contributed by atoms with Crippen LogP contribution in [0.25, 0.3) is 0 Å². The average molecular weight is 258 g/mol. The molecule has 0 aliphatic rings. The van der Waals surface area contributed by atoms with Gasteiger partial charge in [0.15, 0.2) is 5.82 Å². The summed E-state index contributed by atoms with van der Waals surface area (Å²) in [7, 11) is 1.95. The molecule has 0 aliphatic heterocycles. The molecule has 0 radical (unpaired) electrons. The maximum atomic E-state index is 8.79. The number of hydrogen-bond donors (Lipinski definition) is 1. The van der Waals surface area contributed by atoms with Crippen molar-refractivity contribution in [2.45, 2.75) is 13.0 Å². The largest absolute Gasteiger partial charge is 0.396 e. The Balaban J connectivity index is 2.29. The Hall–Kier alpha value is -2.06. The van der Waals surface area contributed by atoms with Gasteiger partial charge >= 0.3 is 0 Å². The van der Waals surface area contributed by atoms with Gasteiger partial charge in [-0.1, -0.05) is 6.07 Å². The molecule has 0 fully saturated rings. The number of anilines is 2. The lowest BCUT2D eigenvalue weighted by Gasteiger charge is -2.26. The summed E-state index contributed by atoms with van der Waals surface area (Å²) in [5.74, 6) is 0.704. The summed E-state index contributed by atoms with van der Waals surface area (Å²) in [6.07, 6.45) is 1.54. The van der Waals surface area contributed by atoms with E-state index in [2.05, 4.69) is 23.4 Å². The maximum Gasteiger partial charge on any atom is 0.152 e. The van der Waals surface area contributed by atoms with Gasteiger partial charge in [-0.05, 0) is 24.4 Å². The third-order valence-corrected chi connectivity index (χ3v) is 3.94. The molecule has 18 heavy (non-hydrogen) atoms.